The standard InChI is InChI=1S/C15H20N4O/c1-11-14(12(2)19(3)18-11)7-8-15(20)17-10-13-6-4-5-9-16-13/h4-6,9H,7-8,10H2,1-3H3,(H,17,20). The van der Waals surface area contributed by atoms with E-state index in [1.165, 1.54) is 5.56 Å². The van der Waals surface area contributed by atoms with Gasteiger partial charge in [-0.05, 0) is 38.0 Å². The van der Waals surface area contributed by atoms with Crippen LogP contribution >= 0.6 is 0 Å². The van der Waals surface area contributed by atoms with E-state index in [9.17, 15) is 4.79 Å². The smallest absolute Gasteiger partial charge is 0.220 e. The molecule has 0 spiro atoms. The Bertz CT molecular complexity index is 589. The Morgan fingerprint density at radius 3 is 2.75 bits per heavy atom. The van der Waals surface area contributed by atoms with Gasteiger partial charge in [-0.1, -0.05) is 6.07 Å². The number of hydrogen-bond acceptors (Lipinski definition) is 3. The van der Waals surface area contributed by atoms with E-state index in [0.29, 0.717) is 13.0 Å². The number of aryl methyl sites for hydroxylation is 2. The van der Waals surface area contributed by atoms with Crippen LogP contribution in [0.15, 0.2) is 24.4 Å². The highest BCUT2D eigenvalue weighted by Gasteiger charge is 2.11. The highest BCUT2D eigenvalue weighted by molar-refractivity contribution is 5.76. The first-order valence-electron chi connectivity index (χ1n) is 6.73. The topological polar surface area (TPSA) is 59.8 Å². The number of nitrogens with one attached hydrogen (secondary N) is 1. The van der Waals surface area contributed by atoms with Crippen molar-refractivity contribution in [3.8, 4) is 0 Å². The second-order valence-electron chi connectivity index (χ2n) is 4.87. The maximum absolute atomic E-state index is 11.9. The number of pyridine rings is 1. The van der Waals surface area contributed by atoms with Crippen LogP contribution in [0.2, 0.25) is 0 Å². The van der Waals surface area contributed by atoms with Gasteiger partial charge >= 0.3 is 0 Å². The van der Waals surface area contributed by atoms with Gasteiger partial charge in [0, 0.05) is 25.4 Å². The predicted octanol–water partition coefficient (Wildman–Crippen LogP) is 1.68. The Labute approximate surface area is 119 Å². The molecule has 0 aromatic carbocycles. The molecule has 0 saturated heterocycles. The van der Waals surface area contributed by atoms with E-state index in [1.807, 2.05) is 43.8 Å². The molecule has 1 N–H and O–H groups in total. The van der Waals surface area contributed by atoms with Gasteiger partial charge in [-0.2, -0.15) is 5.10 Å². The molecule has 0 atom stereocenters. The fraction of sp³-hybridized carbons (Fsp3) is 0.400. The summed E-state index contributed by atoms with van der Waals surface area (Å²) in [5.74, 6) is 0.0401. The van der Waals surface area contributed by atoms with Gasteiger partial charge in [-0.3, -0.25) is 14.5 Å². The number of amides is 1. The van der Waals surface area contributed by atoms with Crippen molar-refractivity contribution in [1.82, 2.24) is 20.1 Å². The van der Waals surface area contributed by atoms with Gasteiger partial charge in [0.05, 0.1) is 17.9 Å². The lowest BCUT2D eigenvalue weighted by Gasteiger charge is -2.05. The zero-order chi connectivity index (χ0) is 14.5. The summed E-state index contributed by atoms with van der Waals surface area (Å²) in [6.45, 7) is 4.49. The minimum atomic E-state index is 0.0401. The van der Waals surface area contributed by atoms with Crippen molar-refractivity contribution in [2.24, 2.45) is 7.05 Å². The van der Waals surface area contributed by atoms with Crippen LogP contribution in [0, 0.1) is 13.8 Å². The summed E-state index contributed by atoms with van der Waals surface area (Å²) in [4.78, 5) is 16.0. The normalized spacial score (nSPS) is 10.6. The molecule has 0 aliphatic rings. The molecular weight excluding hydrogens is 252 g/mol. The quantitative estimate of drug-likeness (QED) is 0.901. The first-order chi connectivity index (χ1) is 9.58. The monoisotopic (exact) mass is 272 g/mol. The minimum Gasteiger partial charge on any atom is -0.350 e. The molecule has 0 saturated carbocycles. The van der Waals surface area contributed by atoms with Gasteiger partial charge in [0.15, 0.2) is 0 Å². The van der Waals surface area contributed by atoms with Crippen LogP contribution in [0.1, 0.15) is 29.1 Å². The summed E-state index contributed by atoms with van der Waals surface area (Å²) < 4.78 is 1.86. The molecule has 20 heavy (non-hydrogen) atoms. The number of hydrogen-bond donors (Lipinski definition) is 1. The molecule has 5 nitrogen and oxygen atoms in total. The van der Waals surface area contributed by atoms with Crippen molar-refractivity contribution in [2.75, 3.05) is 0 Å². The van der Waals surface area contributed by atoms with Gasteiger partial charge in [-0.15, -0.1) is 0 Å². The first-order valence-corrected chi connectivity index (χ1v) is 6.73. The average molecular weight is 272 g/mol. The molecule has 0 bridgehead atoms. The summed E-state index contributed by atoms with van der Waals surface area (Å²) >= 11 is 0. The predicted molar refractivity (Wildman–Crippen MR) is 77.1 cm³/mol. The van der Waals surface area contributed by atoms with Crippen molar-refractivity contribution in [3.63, 3.8) is 0 Å². The summed E-state index contributed by atoms with van der Waals surface area (Å²) in [7, 11) is 1.92. The third kappa shape index (κ3) is 3.44. The third-order valence-corrected chi connectivity index (χ3v) is 3.45. The van der Waals surface area contributed by atoms with Crippen molar-refractivity contribution >= 4 is 5.91 Å². The SMILES string of the molecule is Cc1nn(C)c(C)c1CCC(=O)NCc1ccccn1. The molecular formula is C15H20N4O. The summed E-state index contributed by atoms with van der Waals surface area (Å²) in [5.41, 5.74) is 4.16. The second-order valence-corrected chi connectivity index (χ2v) is 4.87. The molecule has 2 heterocycles. The molecule has 5 heteroatoms. The Morgan fingerprint density at radius 1 is 1.35 bits per heavy atom. The van der Waals surface area contributed by atoms with Crippen molar-refractivity contribution < 1.29 is 4.79 Å². The fourth-order valence-corrected chi connectivity index (χ4v) is 2.20. The number of carbonyl (C=O) groups is 1. The van der Waals surface area contributed by atoms with Crippen molar-refractivity contribution in [2.45, 2.75) is 33.2 Å². The van der Waals surface area contributed by atoms with Gasteiger partial charge < -0.3 is 5.32 Å². The van der Waals surface area contributed by atoms with E-state index < -0.39 is 0 Å². The zero-order valence-electron chi connectivity index (χ0n) is 12.2. The van der Waals surface area contributed by atoms with Crippen LogP contribution in [0.4, 0.5) is 0 Å². The number of nitrogens with zero attached hydrogens (tertiary/aromatic N) is 3. The number of rotatable bonds is 5. The average Bonchev–Trinajstić information content (AvgIpc) is 2.69. The van der Waals surface area contributed by atoms with Gasteiger partial charge in [0.1, 0.15) is 0 Å². The van der Waals surface area contributed by atoms with Crippen molar-refractivity contribution in [1.29, 1.82) is 0 Å². The molecule has 2 aromatic rings. The zero-order valence-corrected chi connectivity index (χ0v) is 12.2. The lowest BCUT2D eigenvalue weighted by Crippen LogP contribution is -2.23. The number of carbonyl (C=O) groups excluding carboxylic acids is 1. The maximum atomic E-state index is 11.9. The van der Waals surface area contributed by atoms with E-state index in [1.54, 1.807) is 6.20 Å². The second kappa shape index (κ2) is 6.32. The highest BCUT2D eigenvalue weighted by Crippen LogP contribution is 2.13. The molecule has 1 amide bonds. The largest absolute Gasteiger partial charge is 0.350 e. The molecule has 0 fully saturated rings. The summed E-state index contributed by atoms with van der Waals surface area (Å²) in [5, 5.41) is 7.24. The fourth-order valence-electron chi connectivity index (χ4n) is 2.20. The lowest BCUT2D eigenvalue weighted by atomic mass is 10.1. The van der Waals surface area contributed by atoms with Crippen LogP contribution in [0.25, 0.3) is 0 Å². The van der Waals surface area contributed by atoms with Crippen LogP contribution < -0.4 is 5.32 Å². The summed E-state index contributed by atoms with van der Waals surface area (Å²) in [6, 6.07) is 5.67. The molecule has 2 aromatic heterocycles. The molecule has 0 aliphatic heterocycles. The van der Waals surface area contributed by atoms with E-state index in [4.69, 9.17) is 0 Å². The Kier molecular flexibility index (Phi) is 4.50. The molecule has 106 valence electrons. The van der Waals surface area contributed by atoms with Crippen LogP contribution in [0.3, 0.4) is 0 Å². The van der Waals surface area contributed by atoms with Crippen LogP contribution in [-0.4, -0.2) is 20.7 Å². The maximum Gasteiger partial charge on any atom is 0.220 e. The van der Waals surface area contributed by atoms with Gasteiger partial charge in [0.2, 0.25) is 5.91 Å². The van der Waals surface area contributed by atoms with Gasteiger partial charge in [0.25, 0.3) is 0 Å². The van der Waals surface area contributed by atoms with E-state index in [-0.39, 0.29) is 5.91 Å². The minimum absolute atomic E-state index is 0.0401. The molecule has 0 radical (unpaired) electrons. The van der Waals surface area contributed by atoms with Gasteiger partial charge in [-0.25, -0.2) is 0 Å². The summed E-state index contributed by atoms with van der Waals surface area (Å²) in [6.07, 6.45) is 2.92. The Morgan fingerprint density at radius 2 is 2.15 bits per heavy atom. The lowest BCUT2D eigenvalue weighted by molar-refractivity contribution is -0.121. The van der Waals surface area contributed by atoms with E-state index >= 15 is 0 Å². The Balaban J connectivity index is 1.83. The number of aromatic nitrogens is 3. The third-order valence-electron chi connectivity index (χ3n) is 3.45. The van der Waals surface area contributed by atoms with E-state index in [0.717, 1.165) is 23.5 Å². The van der Waals surface area contributed by atoms with Crippen molar-refractivity contribution in [3.05, 3.63) is 47.0 Å². The molecule has 0 unspecified atom stereocenters. The van der Waals surface area contributed by atoms with E-state index in [2.05, 4.69) is 15.4 Å². The molecule has 2 rings (SSSR count). The first kappa shape index (κ1) is 14.2. The van der Waals surface area contributed by atoms with Crippen LogP contribution in [-0.2, 0) is 24.8 Å². The Hall–Kier alpha value is -2.17. The van der Waals surface area contributed by atoms with Crippen LogP contribution in [0.5, 0.6) is 0 Å². The molecule has 0 aliphatic carbocycles. The highest BCUT2D eigenvalue weighted by atomic mass is 16.1.